The number of nitrogens with zero attached hydrogens (tertiary/aromatic N) is 2. The van der Waals surface area contributed by atoms with Gasteiger partial charge in [0.15, 0.2) is 0 Å². The second kappa shape index (κ2) is 5.77. The summed E-state index contributed by atoms with van der Waals surface area (Å²) in [7, 11) is 0. The second-order valence-electron chi connectivity index (χ2n) is 4.30. The summed E-state index contributed by atoms with van der Waals surface area (Å²) in [4.78, 5) is 25.5. The quantitative estimate of drug-likeness (QED) is 0.518. The molecule has 0 aromatic carbocycles. The zero-order valence-corrected chi connectivity index (χ0v) is 11.1. The van der Waals surface area contributed by atoms with Gasteiger partial charge < -0.3 is 5.32 Å². The first kappa shape index (κ1) is 14.4. The van der Waals surface area contributed by atoms with Gasteiger partial charge in [-0.1, -0.05) is 25.4 Å². The van der Waals surface area contributed by atoms with Crippen molar-refractivity contribution in [1.29, 1.82) is 0 Å². The van der Waals surface area contributed by atoms with Gasteiger partial charge in [-0.15, -0.1) is 0 Å². The van der Waals surface area contributed by atoms with Crippen LogP contribution < -0.4 is 5.32 Å². The van der Waals surface area contributed by atoms with Crippen molar-refractivity contribution in [2.75, 3.05) is 0 Å². The number of aromatic nitrogens is 1. The molecule has 0 aliphatic rings. The van der Waals surface area contributed by atoms with Crippen molar-refractivity contribution in [1.82, 2.24) is 10.3 Å². The summed E-state index contributed by atoms with van der Waals surface area (Å²) in [6.45, 7) is 5.76. The van der Waals surface area contributed by atoms with E-state index in [-0.39, 0.29) is 28.4 Å². The maximum atomic E-state index is 11.9. The molecule has 6 nitrogen and oxygen atoms in total. The van der Waals surface area contributed by atoms with Crippen molar-refractivity contribution in [3.8, 4) is 0 Å². The van der Waals surface area contributed by atoms with Gasteiger partial charge in [0.1, 0.15) is 11.3 Å². The van der Waals surface area contributed by atoms with Crippen molar-refractivity contribution in [2.45, 2.75) is 26.8 Å². The van der Waals surface area contributed by atoms with E-state index in [2.05, 4.69) is 10.3 Å². The van der Waals surface area contributed by atoms with E-state index in [4.69, 9.17) is 11.6 Å². The van der Waals surface area contributed by atoms with Crippen LogP contribution in [0.15, 0.2) is 12.3 Å². The van der Waals surface area contributed by atoms with E-state index in [1.54, 1.807) is 0 Å². The van der Waals surface area contributed by atoms with Crippen LogP contribution in [0.25, 0.3) is 0 Å². The van der Waals surface area contributed by atoms with Crippen molar-refractivity contribution in [3.63, 3.8) is 0 Å². The van der Waals surface area contributed by atoms with E-state index < -0.39 is 10.8 Å². The minimum Gasteiger partial charge on any atom is -0.349 e. The Balaban J connectivity index is 2.98. The van der Waals surface area contributed by atoms with Crippen LogP contribution in [0.2, 0.25) is 5.15 Å². The molecule has 18 heavy (non-hydrogen) atoms. The molecule has 1 heterocycles. The molecule has 0 saturated heterocycles. The van der Waals surface area contributed by atoms with Gasteiger partial charge >= 0.3 is 0 Å². The van der Waals surface area contributed by atoms with Gasteiger partial charge in [-0.2, -0.15) is 0 Å². The molecule has 1 rings (SSSR count). The summed E-state index contributed by atoms with van der Waals surface area (Å²) in [5.74, 6) is -0.211. The fraction of sp³-hybridized carbons (Fsp3) is 0.455. The first-order chi connectivity index (χ1) is 8.32. The zero-order valence-electron chi connectivity index (χ0n) is 10.3. The van der Waals surface area contributed by atoms with E-state index >= 15 is 0 Å². The van der Waals surface area contributed by atoms with Crippen LogP contribution >= 0.6 is 11.6 Å². The second-order valence-corrected chi connectivity index (χ2v) is 4.65. The number of pyridine rings is 1. The molecular formula is C11H14ClN3O3. The Morgan fingerprint density at radius 3 is 2.61 bits per heavy atom. The van der Waals surface area contributed by atoms with Crippen molar-refractivity contribution < 1.29 is 9.72 Å². The average Bonchev–Trinajstić information content (AvgIpc) is 2.28. The topological polar surface area (TPSA) is 85.1 Å². The fourth-order valence-electron chi connectivity index (χ4n) is 1.15. The molecule has 1 aromatic rings. The summed E-state index contributed by atoms with van der Waals surface area (Å²) < 4.78 is 0. The van der Waals surface area contributed by atoms with Crippen LogP contribution in [0.4, 0.5) is 5.69 Å². The van der Waals surface area contributed by atoms with Gasteiger partial charge in [0.2, 0.25) is 0 Å². The molecule has 7 heteroatoms. The molecule has 0 radical (unpaired) electrons. The zero-order chi connectivity index (χ0) is 13.9. The molecule has 1 atom stereocenters. The largest absolute Gasteiger partial charge is 0.349 e. The van der Waals surface area contributed by atoms with Crippen LogP contribution in [0.5, 0.6) is 0 Å². The highest BCUT2D eigenvalue weighted by atomic mass is 35.5. The minimum atomic E-state index is -0.619. The molecule has 1 unspecified atom stereocenters. The summed E-state index contributed by atoms with van der Waals surface area (Å²) in [5.41, 5.74) is -0.250. The Kier molecular flexibility index (Phi) is 4.61. The van der Waals surface area contributed by atoms with E-state index in [9.17, 15) is 14.9 Å². The van der Waals surface area contributed by atoms with Crippen molar-refractivity contribution in [2.24, 2.45) is 5.92 Å². The predicted molar refractivity (Wildman–Crippen MR) is 67.7 cm³/mol. The smallest absolute Gasteiger partial charge is 0.288 e. The monoisotopic (exact) mass is 271 g/mol. The number of hydrogen-bond donors (Lipinski definition) is 1. The van der Waals surface area contributed by atoms with Crippen LogP contribution in [0.1, 0.15) is 31.1 Å². The standard InChI is InChI=1S/C11H14ClN3O3/c1-6(2)7(3)14-11(16)9-4-8(15(17)18)5-13-10(9)12/h4-7H,1-3H3,(H,14,16). The molecule has 1 aromatic heterocycles. The highest BCUT2D eigenvalue weighted by Gasteiger charge is 2.19. The number of nitro groups is 1. The number of carbonyl (C=O) groups is 1. The Morgan fingerprint density at radius 2 is 2.11 bits per heavy atom. The highest BCUT2D eigenvalue weighted by Crippen LogP contribution is 2.19. The molecule has 1 N–H and O–H groups in total. The molecule has 0 aliphatic heterocycles. The van der Waals surface area contributed by atoms with E-state index in [0.717, 1.165) is 12.3 Å². The molecule has 0 spiro atoms. The molecule has 1 amide bonds. The van der Waals surface area contributed by atoms with E-state index in [1.807, 2.05) is 20.8 Å². The molecule has 0 saturated carbocycles. The minimum absolute atomic E-state index is 0.0124. The van der Waals surface area contributed by atoms with Gasteiger partial charge in [0.05, 0.1) is 10.5 Å². The third-order valence-corrected chi connectivity index (χ3v) is 2.94. The molecule has 0 aliphatic carbocycles. The van der Waals surface area contributed by atoms with Gasteiger partial charge in [-0.3, -0.25) is 14.9 Å². The van der Waals surface area contributed by atoms with Crippen molar-refractivity contribution >= 4 is 23.2 Å². The lowest BCUT2D eigenvalue weighted by molar-refractivity contribution is -0.385. The summed E-state index contributed by atoms with van der Waals surface area (Å²) in [5, 5.41) is 13.3. The maximum absolute atomic E-state index is 11.9. The lowest BCUT2D eigenvalue weighted by Gasteiger charge is -2.17. The Labute approximate surface area is 110 Å². The first-order valence-corrected chi connectivity index (χ1v) is 5.81. The molecule has 98 valence electrons. The summed E-state index contributed by atoms with van der Waals surface area (Å²) in [6.07, 6.45) is 1.02. The lowest BCUT2D eigenvalue weighted by atomic mass is 10.1. The van der Waals surface area contributed by atoms with Gasteiger partial charge in [-0.25, -0.2) is 4.98 Å². The summed E-state index contributed by atoms with van der Waals surface area (Å²) >= 11 is 5.76. The molecular weight excluding hydrogens is 258 g/mol. The van der Waals surface area contributed by atoms with Gasteiger partial charge in [0, 0.05) is 12.1 Å². The Morgan fingerprint density at radius 1 is 1.50 bits per heavy atom. The average molecular weight is 272 g/mol. The lowest BCUT2D eigenvalue weighted by Crippen LogP contribution is -2.36. The SMILES string of the molecule is CC(C)C(C)NC(=O)c1cc([N+](=O)[O-])cnc1Cl. The van der Waals surface area contributed by atoms with Crippen LogP contribution in [-0.4, -0.2) is 21.9 Å². The van der Waals surface area contributed by atoms with Gasteiger partial charge in [-0.05, 0) is 12.8 Å². The maximum Gasteiger partial charge on any atom is 0.288 e. The third kappa shape index (κ3) is 3.40. The molecule has 0 fully saturated rings. The van der Waals surface area contributed by atoms with Crippen LogP contribution in [0, 0.1) is 16.0 Å². The number of amides is 1. The highest BCUT2D eigenvalue weighted by molar-refractivity contribution is 6.32. The number of hydrogen-bond acceptors (Lipinski definition) is 4. The van der Waals surface area contributed by atoms with Crippen LogP contribution in [-0.2, 0) is 0 Å². The predicted octanol–water partition coefficient (Wildman–Crippen LogP) is 2.42. The van der Waals surface area contributed by atoms with E-state index in [0.29, 0.717) is 0 Å². The van der Waals surface area contributed by atoms with Crippen molar-refractivity contribution in [3.05, 3.63) is 33.1 Å². The normalized spacial score (nSPS) is 12.3. The number of rotatable bonds is 4. The Bertz CT molecular complexity index is 477. The summed E-state index contributed by atoms with van der Waals surface area (Å²) in [6, 6.07) is 1.06. The Hall–Kier alpha value is -1.69. The number of halogens is 1. The first-order valence-electron chi connectivity index (χ1n) is 5.43. The van der Waals surface area contributed by atoms with Gasteiger partial charge in [0.25, 0.3) is 11.6 Å². The van der Waals surface area contributed by atoms with E-state index in [1.165, 1.54) is 0 Å². The molecule has 0 bridgehead atoms. The third-order valence-electron chi connectivity index (χ3n) is 2.64. The fourth-order valence-corrected chi connectivity index (χ4v) is 1.34. The van der Waals surface area contributed by atoms with Crippen LogP contribution in [0.3, 0.4) is 0 Å². The number of carbonyl (C=O) groups excluding carboxylic acids is 1. The number of nitrogens with one attached hydrogen (secondary N) is 1.